The van der Waals surface area contributed by atoms with E-state index in [1.54, 1.807) is 0 Å². The Morgan fingerprint density at radius 3 is 2.52 bits per heavy atom. The first-order valence-corrected chi connectivity index (χ1v) is 8.64. The normalized spacial score (nSPS) is 17.9. The fraction of sp³-hybridized carbons (Fsp3) is 0.421. The standard InChI is InChI=1S/C19H19N5O/c20-11-15-3-1-2-4-16(15)13-23-7-9-24(10-8-23)19-17(12-21)22-18(25-19)14-5-6-14/h1-4,14H,5-10,13H2. The molecule has 1 aliphatic carbocycles. The number of aromatic nitrogens is 1. The van der Waals surface area contributed by atoms with Crippen LogP contribution in [0.3, 0.4) is 0 Å². The molecule has 0 N–H and O–H groups in total. The van der Waals surface area contributed by atoms with Gasteiger partial charge in [0.2, 0.25) is 17.5 Å². The molecule has 2 fully saturated rings. The molecule has 1 aromatic carbocycles. The Morgan fingerprint density at radius 2 is 1.84 bits per heavy atom. The van der Waals surface area contributed by atoms with Gasteiger partial charge in [-0.05, 0) is 24.5 Å². The molecule has 126 valence electrons. The van der Waals surface area contributed by atoms with Crippen molar-refractivity contribution >= 4 is 5.88 Å². The summed E-state index contributed by atoms with van der Waals surface area (Å²) in [7, 11) is 0. The zero-order chi connectivity index (χ0) is 17.2. The van der Waals surface area contributed by atoms with Gasteiger partial charge >= 0.3 is 0 Å². The lowest BCUT2D eigenvalue weighted by atomic mass is 10.1. The van der Waals surface area contributed by atoms with Crippen molar-refractivity contribution in [1.82, 2.24) is 9.88 Å². The highest BCUT2D eigenvalue weighted by atomic mass is 16.4. The maximum atomic E-state index is 9.33. The minimum absolute atomic E-state index is 0.407. The van der Waals surface area contributed by atoms with E-state index in [0.29, 0.717) is 17.5 Å². The van der Waals surface area contributed by atoms with Gasteiger partial charge in [0.05, 0.1) is 11.6 Å². The van der Waals surface area contributed by atoms with Crippen LogP contribution >= 0.6 is 0 Å². The molecule has 1 saturated carbocycles. The third-order valence-corrected chi connectivity index (χ3v) is 4.85. The van der Waals surface area contributed by atoms with Crippen LogP contribution in [0.1, 0.15) is 41.5 Å². The predicted molar refractivity (Wildman–Crippen MR) is 91.8 cm³/mol. The number of rotatable bonds is 4. The zero-order valence-corrected chi connectivity index (χ0v) is 14.0. The van der Waals surface area contributed by atoms with Gasteiger partial charge in [0.25, 0.3) is 0 Å². The minimum atomic E-state index is 0.407. The van der Waals surface area contributed by atoms with Gasteiger partial charge in [-0.2, -0.15) is 10.5 Å². The Labute approximate surface area is 146 Å². The molecular weight excluding hydrogens is 314 g/mol. The van der Waals surface area contributed by atoms with Crippen molar-refractivity contribution in [2.45, 2.75) is 25.3 Å². The molecule has 0 spiro atoms. The molecule has 2 heterocycles. The second kappa shape index (κ2) is 6.58. The van der Waals surface area contributed by atoms with Gasteiger partial charge in [0.1, 0.15) is 6.07 Å². The predicted octanol–water partition coefficient (Wildman–Crippen LogP) is 2.62. The monoisotopic (exact) mass is 333 g/mol. The van der Waals surface area contributed by atoms with E-state index in [0.717, 1.165) is 62.6 Å². The molecule has 0 radical (unpaired) electrons. The number of nitrogens with zero attached hydrogens (tertiary/aromatic N) is 5. The molecule has 25 heavy (non-hydrogen) atoms. The van der Waals surface area contributed by atoms with Crippen LogP contribution in [0.2, 0.25) is 0 Å². The number of hydrogen-bond acceptors (Lipinski definition) is 6. The van der Waals surface area contributed by atoms with Gasteiger partial charge in [-0.3, -0.25) is 4.90 Å². The Balaban J connectivity index is 1.42. The van der Waals surface area contributed by atoms with E-state index in [9.17, 15) is 10.5 Å². The minimum Gasteiger partial charge on any atom is -0.423 e. The Morgan fingerprint density at radius 1 is 1.08 bits per heavy atom. The SMILES string of the molecule is N#Cc1ccccc1CN1CCN(c2oc(C3CC3)nc2C#N)CC1. The van der Waals surface area contributed by atoms with Gasteiger partial charge in [-0.15, -0.1) is 0 Å². The molecule has 6 nitrogen and oxygen atoms in total. The third-order valence-electron chi connectivity index (χ3n) is 4.85. The maximum absolute atomic E-state index is 9.33. The smallest absolute Gasteiger partial charge is 0.234 e. The highest BCUT2D eigenvalue weighted by Gasteiger charge is 2.32. The van der Waals surface area contributed by atoms with Crippen molar-refractivity contribution in [2.75, 3.05) is 31.1 Å². The second-order valence-electron chi connectivity index (χ2n) is 6.62. The molecule has 2 aliphatic rings. The lowest BCUT2D eigenvalue weighted by Crippen LogP contribution is -2.46. The molecule has 4 rings (SSSR count). The summed E-state index contributed by atoms with van der Waals surface area (Å²) in [5.41, 5.74) is 2.21. The largest absolute Gasteiger partial charge is 0.423 e. The number of benzene rings is 1. The lowest BCUT2D eigenvalue weighted by Gasteiger charge is -2.34. The molecule has 0 amide bonds. The number of hydrogen-bond donors (Lipinski definition) is 0. The Hall–Kier alpha value is -2.83. The fourth-order valence-electron chi connectivity index (χ4n) is 3.24. The maximum Gasteiger partial charge on any atom is 0.234 e. The fourth-order valence-corrected chi connectivity index (χ4v) is 3.24. The molecular formula is C19H19N5O. The van der Waals surface area contributed by atoms with E-state index in [1.165, 1.54) is 0 Å². The Kier molecular flexibility index (Phi) is 4.13. The molecule has 6 heteroatoms. The molecule has 1 aliphatic heterocycles. The van der Waals surface area contributed by atoms with Crippen LogP contribution in [0.25, 0.3) is 0 Å². The second-order valence-corrected chi connectivity index (χ2v) is 6.62. The highest BCUT2D eigenvalue weighted by Crippen LogP contribution is 2.41. The molecule has 1 aromatic heterocycles. The van der Waals surface area contributed by atoms with Crippen molar-refractivity contribution in [1.29, 1.82) is 10.5 Å². The summed E-state index contributed by atoms with van der Waals surface area (Å²) in [6.07, 6.45) is 2.22. The molecule has 2 aromatic rings. The van der Waals surface area contributed by atoms with E-state index in [1.807, 2.05) is 24.3 Å². The molecule has 1 saturated heterocycles. The summed E-state index contributed by atoms with van der Waals surface area (Å²) in [5.74, 6) is 1.75. The van der Waals surface area contributed by atoms with Crippen molar-refractivity contribution in [3.63, 3.8) is 0 Å². The van der Waals surface area contributed by atoms with Gasteiger partial charge in [0.15, 0.2) is 0 Å². The summed E-state index contributed by atoms with van der Waals surface area (Å²) in [6.45, 7) is 4.09. The molecule has 0 unspecified atom stereocenters. The van der Waals surface area contributed by atoms with Crippen LogP contribution in [0.15, 0.2) is 28.7 Å². The summed E-state index contributed by atoms with van der Waals surface area (Å²) in [5, 5.41) is 18.6. The average molecular weight is 333 g/mol. The van der Waals surface area contributed by atoms with Crippen molar-refractivity contribution in [3.05, 3.63) is 47.0 Å². The lowest BCUT2D eigenvalue weighted by molar-refractivity contribution is 0.245. The van der Waals surface area contributed by atoms with E-state index in [-0.39, 0.29) is 0 Å². The summed E-state index contributed by atoms with van der Waals surface area (Å²) in [6, 6.07) is 12.2. The van der Waals surface area contributed by atoms with Crippen LogP contribution in [-0.4, -0.2) is 36.1 Å². The molecule has 0 atom stereocenters. The first-order chi connectivity index (χ1) is 12.3. The average Bonchev–Trinajstić information content (AvgIpc) is 3.42. The van der Waals surface area contributed by atoms with Crippen molar-refractivity contribution in [3.8, 4) is 12.1 Å². The number of nitriles is 2. The van der Waals surface area contributed by atoms with Crippen LogP contribution in [0.5, 0.6) is 0 Å². The van der Waals surface area contributed by atoms with Gasteiger partial charge < -0.3 is 9.32 Å². The summed E-state index contributed by atoms with van der Waals surface area (Å²) >= 11 is 0. The van der Waals surface area contributed by atoms with E-state index >= 15 is 0 Å². The van der Waals surface area contributed by atoms with Crippen LogP contribution in [-0.2, 0) is 6.54 Å². The van der Waals surface area contributed by atoms with Crippen LogP contribution in [0, 0.1) is 22.7 Å². The number of piperazine rings is 1. The van der Waals surface area contributed by atoms with Crippen LogP contribution < -0.4 is 4.90 Å². The summed E-state index contributed by atoms with van der Waals surface area (Å²) in [4.78, 5) is 8.80. The van der Waals surface area contributed by atoms with E-state index in [2.05, 4.69) is 26.9 Å². The van der Waals surface area contributed by atoms with Crippen molar-refractivity contribution < 1.29 is 4.42 Å². The van der Waals surface area contributed by atoms with Gasteiger partial charge in [0, 0.05) is 38.6 Å². The van der Waals surface area contributed by atoms with Crippen molar-refractivity contribution in [2.24, 2.45) is 0 Å². The zero-order valence-electron chi connectivity index (χ0n) is 14.0. The first-order valence-electron chi connectivity index (χ1n) is 8.64. The van der Waals surface area contributed by atoms with Gasteiger partial charge in [-0.25, -0.2) is 4.98 Å². The molecule has 0 bridgehead atoms. The highest BCUT2D eigenvalue weighted by molar-refractivity contribution is 5.49. The van der Waals surface area contributed by atoms with E-state index < -0.39 is 0 Å². The Bertz CT molecular complexity index is 847. The quantitative estimate of drug-likeness (QED) is 0.855. The van der Waals surface area contributed by atoms with E-state index in [4.69, 9.17) is 4.42 Å². The third kappa shape index (κ3) is 3.22. The summed E-state index contributed by atoms with van der Waals surface area (Å²) < 4.78 is 5.89. The van der Waals surface area contributed by atoms with Crippen LogP contribution in [0.4, 0.5) is 5.88 Å². The topological polar surface area (TPSA) is 80.1 Å². The number of oxazole rings is 1. The van der Waals surface area contributed by atoms with Gasteiger partial charge in [-0.1, -0.05) is 18.2 Å². The number of anilines is 1. The first kappa shape index (κ1) is 15.7.